The molecule has 1 saturated heterocycles. The number of ether oxygens (including phenoxy) is 1. The van der Waals surface area contributed by atoms with Crippen molar-refractivity contribution in [2.75, 3.05) is 0 Å². The minimum Gasteiger partial charge on any atom is -0.508 e. The Morgan fingerprint density at radius 2 is 1.78 bits per heavy atom. The maximum absolute atomic E-state index is 10.3. The first-order chi connectivity index (χ1) is 11.1. The molecule has 5 heteroatoms. The van der Waals surface area contributed by atoms with Crippen LogP contribution < -0.4 is 15.6 Å². The topological polar surface area (TPSA) is 73.8 Å². The van der Waals surface area contributed by atoms with Crippen LogP contribution in [0.15, 0.2) is 42.5 Å². The second-order valence-electron chi connectivity index (χ2n) is 5.84. The number of nitrogens with one attached hydrogen (secondary N) is 2. The maximum atomic E-state index is 10.3. The molecule has 1 aliphatic rings. The van der Waals surface area contributed by atoms with Crippen molar-refractivity contribution in [1.82, 2.24) is 10.9 Å². The summed E-state index contributed by atoms with van der Waals surface area (Å²) in [6.07, 6.45) is 0.511. The lowest BCUT2D eigenvalue weighted by atomic mass is 9.95. The number of phenols is 2. The molecule has 3 unspecified atom stereocenters. The maximum Gasteiger partial charge on any atom is 0.136 e. The van der Waals surface area contributed by atoms with Crippen molar-refractivity contribution in [3.8, 4) is 17.2 Å². The number of hydrazine groups is 1. The van der Waals surface area contributed by atoms with Crippen LogP contribution in [0.5, 0.6) is 17.2 Å². The molecule has 2 aromatic rings. The molecule has 3 rings (SSSR count). The molecule has 5 nitrogen and oxygen atoms in total. The van der Waals surface area contributed by atoms with E-state index in [2.05, 4.69) is 10.9 Å². The van der Waals surface area contributed by atoms with Crippen molar-refractivity contribution < 1.29 is 14.9 Å². The Kier molecular flexibility index (Phi) is 4.41. The van der Waals surface area contributed by atoms with E-state index in [1.54, 1.807) is 0 Å². The summed E-state index contributed by atoms with van der Waals surface area (Å²) in [5.74, 6) is 0.969. The molecule has 2 aromatic carbocycles. The summed E-state index contributed by atoms with van der Waals surface area (Å²) in [4.78, 5) is 0. The molecule has 0 aliphatic carbocycles. The van der Waals surface area contributed by atoms with Crippen LogP contribution in [0.25, 0.3) is 0 Å². The fourth-order valence-electron chi connectivity index (χ4n) is 2.93. The van der Waals surface area contributed by atoms with Crippen LogP contribution in [0.1, 0.15) is 31.0 Å². The van der Waals surface area contributed by atoms with Crippen LogP contribution in [-0.4, -0.2) is 22.4 Å². The molecule has 0 aromatic heterocycles. The molecule has 0 amide bonds. The summed E-state index contributed by atoms with van der Waals surface area (Å²) in [5, 5.41) is 20.1. The number of aryl methyl sites for hydroxylation is 1. The van der Waals surface area contributed by atoms with E-state index < -0.39 is 0 Å². The molecule has 0 bridgehead atoms. The van der Waals surface area contributed by atoms with E-state index in [0.29, 0.717) is 6.42 Å². The van der Waals surface area contributed by atoms with Gasteiger partial charge >= 0.3 is 0 Å². The minimum atomic E-state index is -0.212. The third-order valence-corrected chi connectivity index (χ3v) is 4.25. The molecule has 23 heavy (non-hydrogen) atoms. The van der Waals surface area contributed by atoms with E-state index in [1.165, 1.54) is 6.07 Å². The lowest BCUT2D eigenvalue weighted by Crippen LogP contribution is -2.33. The van der Waals surface area contributed by atoms with Crippen molar-refractivity contribution in [3.63, 3.8) is 0 Å². The Labute approximate surface area is 135 Å². The quantitative estimate of drug-likeness (QED) is 0.698. The molecule has 0 radical (unpaired) electrons. The van der Waals surface area contributed by atoms with Crippen molar-refractivity contribution in [2.45, 2.75) is 38.5 Å². The first-order valence-corrected chi connectivity index (χ1v) is 7.87. The molecule has 3 atom stereocenters. The molecule has 0 spiro atoms. The van der Waals surface area contributed by atoms with Gasteiger partial charge in [0.05, 0.1) is 12.1 Å². The number of benzene rings is 2. The van der Waals surface area contributed by atoms with Crippen LogP contribution in [0.4, 0.5) is 0 Å². The van der Waals surface area contributed by atoms with E-state index in [4.69, 9.17) is 4.74 Å². The molecule has 4 N–H and O–H groups in total. The third kappa shape index (κ3) is 3.11. The number of hydrogen-bond donors (Lipinski definition) is 4. The van der Waals surface area contributed by atoms with Gasteiger partial charge in [-0.05, 0) is 37.1 Å². The molecule has 122 valence electrons. The van der Waals surface area contributed by atoms with Gasteiger partial charge in [-0.2, -0.15) is 0 Å². The molecular weight excluding hydrogens is 292 g/mol. The Morgan fingerprint density at radius 3 is 2.48 bits per heavy atom. The third-order valence-electron chi connectivity index (χ3n) is 4.25. The lowest BCUT2D eigenvalue weighted by Gasteiger charge is -2.24. The normalized spacial score (nSPS) is 23.8. The van der Waals surface area contributed by atoms with Crippen LogP contribution in [0.3, 0.4) is 0 Å². The predicted molar refractivity (Wildman–Crippen MR) is 88.5 cm³/mol. The summed E-state index contributed by atoms with van der Waals surface area (Å²) in [6, 6.07) is 12.7. The van der Waals surface area contributed by atoms with Crippen LogP contribution in [-0.2, 0) is 6.42 Å². The zero-order valence-electron chi connectivity index (χ0n) is 13.3. The van der Waals surface area contributed by atoms with Gasteiger partial charge in [0.2, 0.25) is 0 Å². The Morgan fingerprint density at radius 1 is 1.04 bits per heavy atom. The second kappa shape index (κ2) is 6.48. The fraction of sp³-hybridized carbons (Fsp3) is 0.333. The monoisotopic (exact) mass is 314 g/mol. The summed E-state index contributed by atoms with van der Waals surface area (Å²) in [5.41, 5.74) is 7.88. The number of aromatic hydroxyl groups is 2. The van der Waals surface area contributed by atoms with Crippen molar-refractivity contribution in [1.29, 1.82) is 0 Å². The zero-order valence-corrected chi connectivity index (χ0v) is 13.3. The molecule has 0 saturated carbocycles. The highest BCUT2D eigenvalue weighted by molar-refractivity contribution is 5.47. The SMILES string of the molecule is CCc1cc(C2NNC(C)C2Oc2ccccc2)c(O)cc1O. The van der Waals surface area contributed by atoms with E-state index in [9.17, 15) is 10.2 Å². The zero-order chi connectivity index (χ0) is 16.4. The summed E-state index contributed by atoms with van der Waals surface area (Å²) >= 11 is 0. The predicted octanol–water partition coefficient (Wildman–Crippen LogP) is 2.65. The van der Waals surface area contributed by atoms with E-state index in [0.717, 1.165) is 16.9 Å². The van der Waals surface area contributed by atoms with E-state index >= 15 is 0 Å². The van der Waals surface area contributed by atoms with Crippen molar-refractivity contribution >= 4 is 0 Å². The van der Waals surface area contributed by atoms with E-state index in [-0.39, 0.29) is 29.7 Å². The van der Waals surface area contributed by atoms with Gasteiger partial charge < -0.3 is 14.9 Å². The Bertz CT molecular complexity index is 675. The van der Waals surface area contributed by atoms with Gasteiger partial charge in [0.1, 0.15) is 23.4 Å². The van der Waals surface area contributed by atoms with Crippen LogP contribution >= 0.6 is 0 Å². The lowest BCUT2D eigenvalue weighted by molar-refractivity contribution is 0.170. The smallest absolute Gasteiger partial charge is 0.136 e. The van der Waals surface area contributed by atoms with Crippen LogP contribution in [0.2, 0.25) is 0 Å². The fourth-order valence-corrected chi connectivity index (χ4v) is 2.93. The van der Waals surface area contributed by atoms with Gasteiger partial charge in [-0.25, -0.2) is 5.43 Å². The largest absolute Gasteiger partial charge is 0.508 e. The highest BCUT2D eigenvalue weighted by atomic mass is 16.5. The number of para-hydroxylation sites is 1. The van der Waals surface area contributed by atoms with Gasteiger partial charge in [0.25, 0.3) is 0 Å². The molecule has 1 aliphatic heterocycles. The molecular formula is C18H22N2O3. The Hall–Kier alpha value is -2.24. The van der Waals surface area contributed by atoms with Gasteiger partial charge in [-0.3, -0.25) is 5.43 Å². The first-order valence-electron chi connectivity index (χ1n) is 7.87. The van der Waals surface area contributed by atoms with Gasteiger partial charge in [0, 0.05) is 11.6 Å². The van der Waals surface area contributed by atoms with Gasteiger partial charge in [-0.1, -0.05) is 25.1 Å². The molecule has 1 heterocycles. The highest BCUT2D eigenvalue weighted by Gasteiger charge is 2.37. The second-order valence-corrected chi connectivity index (χ2v) is 5.84. The average Bonchev–Trinajstić information content (AvgIpc) is 2.90. The van der Waals surface area contributed by atoms with Crippen molar-refractivity contribution in [2.24, 2.45) is 0 Å². The average molecular weight is 314 g/mol. The summed E-state index contributed by atoms with van der Waals surface area (Å²) in [7, 11) is 0. The summed E-state index contributed by atoms with van der Waals surface area (Å²) < 4.78 is 6.11. The van der Waals surface area contributed by atoms with Crippen LogP contribution in [0, 0.1) is 0 Å². The van der Waals surface area contributed by atoms with Crippen molar-refractivity contribution in [3.05, 3.63) is 53.6 Å². The standard InChI is InChI=1S/C18H22N2O3/c1-3-12-9-14(16(22)10-15(12)21)17-18(11(2)19-20-17)23-13-7-5-4-6-8-13/h4-11,17-22H,3H2,1-2H3. The molecule has 1 fully saturated rings. The number of rotatable bonds is 4. The Balaban J connectivity index is 1.92. The van der Waals surface area contributed by atoms with E-state index in [1.807, 2.05) is 50.2 Å². The number of hydrogen-bond acceptors (Lipinski definition) is 5. The van der Waals surface area contributed by atoms with Gasteiger partial charge in [-0.15, -0.1) is 0 Å². The first kappa shape index (κ1) is 15.6. The number of phenolic OH excluding ortho intramolecular Hbond substituents is 2. The minimum absolute atomic E-state index is 0.0646. The highest BCUT2D eigenvalue weighted by Crippen LogP contribution is 2.36. The summed E-state index contributed by atoms with van der Waals surface area (Å²) in [6.45, 7) is 4.00. The van der Waals surface area contributed by atoms with Gasteiger partial charge in [0.15, 0.2) is 0 Å².